The van der Waals surface area contributed by atoms with E-state index < -0.39 is 0 Å². The van der Waals surface area contributed by atoms with Gasteiger partial charge in [0, 0.05) is 13.1 Å². The molecule has 0 unspecified atom stereocenters. The van der Waals surface area contributed by atoms with E-state index in [4.69, 9.17) is 4.52 Å². The van der Waals surface area contributed by atoms with E-state index in [0.717, 1.165) is 10.2 Å². The van der Waals surface area contributed by atoms with Crippen LogP contribution in [0.15, 0.2) is 34.9 Å². The number of fused-ring (bicyclic) bond motifs is 1. The lowest BCUT2D eigenvalue weighted by atomic mass is 10.3. The third kappa shape index (κ3) is 2.10. The Morgan fingerprint density at radius 2 is 2.16 bits per heavy atom. The number of anilines is 1. The first-order valence-electron chi connectivity index (χ1n) is 5.72. The molecule has 3 rings (SSSR count). The van der Waals surface area contributed by atoms with E-state index >= 15 is 0 Å². The number of rotatable bonds is 2. The first kappa shape index (κ1) is 11.9. The van der Waals surface area contributed by atoms with Crippen molar-refractivity contribution >= 4 is 32.6 Å². The highest BCUT2D eigenvalue weighted by molar-refractivity contribution is 7.22. The molecule has 1 amide bonds. The normalized spacial score (nSPS) is 10.8. The van der Waals surface area contributed by atoms with Crippen molar-refractivity contribution in [1.82, 2.24) is 10.1 Å². The van der Waals surface area contributed by atoms with Gasteiger partial charge < -0.3 is 4.52 Å². The standard InChI is InChI=1S/C13H11N3O2S/c1-8-7-10(15-18-8)12(17)16(2)13-14-9-5-3-4-6-11(9)19-13/h3-7H,1-2H3. The summed E-state index contributed by atoms with van der Waals surface area (Å²) in [7, 11) is 1.68. The topological polar surface area (TPSA) is 59.2 Å². The molecule has 0 aliphatic carbocycles. The molecule has 0 saturated heterocycles. The van der Waals surface area contributed by atoms with Gasteiger partial charge in [-0.2, -0.15) is 0 Å². The van der Waals surface area contributed by atoms with Gasteiger partial charge in [-0.3, -0.25) is 9.69 Å². The molecule has 19 heavy (non-hydrogen) atoms. The van der Waals surface area contributed by atoms with E-state index in [-0.39, 0.29) is 5.91 Å². The Morgan fingerprint density at radius 3 is 2.84 bits per heavy atom. The Labute approximate surface area is 113 Å². The van der Waals surface area contributed by atoms with Gasteiger partial charge in [0.15, 0.2) is 10.8 Å². The van der Waals surface area contributed by atoms with Crippen LogP contribution in [0.3, 0.4) is 0 Å². The van der Waals surface area contributed by atoms with Crippen LogP contribution in [-0.2, 0) is 0 Å². The highest BCUT2D eigenvalue weighted by atomic mass is 32.1. The minimum absolute atomic E-state index is 0.226. The monoisotopic (exact) mass is 273 g/mol. The Bertz CT molecular complexity index is 714. The lowest BCUT2D eigenvalue weighted by Crippen LogP contribution is -2.26. The molecule has 0 spiro atoms. The number of thiazole rings is 1. The van der Waals surface area contributed by atoms with Gasteiger partial charge in [-0.15, -0.1) is 0 Å². The van der Waals surface area contributed by atoms with Crippen molar-refractivity contribution in [3.8, 4) is 0 Å². The Balaban J connectivity index is 1.94. The van der Waals surface area contributed by atoms with E-state index in [2.05, 4.69) is 10.1 Å². The first-order chi connectivity index (χ1) is 9.15. The molecule has 0 saturated carbocycles. The Kier molecular flexibility index (Phi) is 2.79. The predicted octanol–water partition coefficient (Wildman–Crippen LogP) is 2.87. The molecular formula is C13H11N3O2S. The number of nitrogens with zero attached hydrogens (tertiary/aromatic N) is 3. The van der Waals surface area contributed by atoms with Crippen LogP contribution in [0.25, 0.3) is 10.2 Å². The molecular weight excluding hydrogens is 262 g/mol. The summed E-state index contributed by atoms with van der Waals surface area (Å²) >= 11 is 1.47. The summed E-state index contributed by atoms with van der Waals surface area (Å²) < 4.78 is 5.97. The van der Waals surface area contributed by atoms with Gasteiger partial charge in [-0.05, 0) is 19.1 Å². The van der Waals surface area contributed by atoms with E-state index in [1.807, 2.05) is 24.3 Å². The molecule has 0 fully saturated rings. The van der Waals surface area contributed by atoms with Crippen molar-refractivity contribution in [3.63, 3.8) is 0 Å². The van der Waals surface area contributed by atoms with Crippen LogP contribution in [0.1, 0.15) is 16.2 Å². The van der Waals surface area contributed by atoms with Crippen LogP contribution in [0.2, 0.25) is 0 Å². The molecule has 2 aromatic heterocycles. The van der Waals surface area contributed by atoms with Gasteiger partial charge in [0.2, 0.25) is 0 Å². The van der Waals surface area contributed by atoms with E-state index in [1.54, 1.807) is 20.0 Å². The zero-order valence-corrected chi connectivity index (χ0v) is 11.3. The van der Waals surface area contributed by atoms with Crippen LogP contribution in [0.5, 0.6) is 0 Å². The molecule has 2 heterocycles. The van der Waals surface area contributed by atoms with Gasteiger partial charge >= 0.3 is 0 Å². The predicted molar refractivity (Wildman–Crippen MR) is 73.6 cm³/mol. The number of carbonyl (C=O) groups excluding carboxylic acids is 1. The molecule has 0 radical (unpaired) electrons. The van der Waals surface area contributed by atoms with Crippen LogP contribution in [-0.4, -0.2) is 23.1 Å². The van der Waals surface area contributed by atoms with Gasteiger partial charge in [0.1, 0.15) is 5.76 Å². The van der Waals surface area contributed by atoms with Crippen molar-refractivity contribution < 1.29 is 9.32 Å². The third-order valence-electron chi connectivity index (χ3n) is 2.72. The summed E-state index contributed by atoms with van der Waals surface area (Å²) in [6.45, 7) is 1.75. The average Bonchev–Trinajstić information content (AvgIpc) is 3.02. The number of benzene rings is 1. The second-order valence-electron chi connectivity index (χ2n) is 4.15. The number of amides is 1. The number of aromatic nitrogens is 2. The third-order valence-corrected chi connectivity index (χ3v) is 3.83. The number of para-hydroxylation sites is 1. The smallest absolute Gasteiger partial charge is 0.281 e. The quantitative estimate of drug-likeness (QED) is 0.720. The molecule has 0 aliphatic rings. The first-order valence-corrected chi connectivity index (χ1v) is 6.54. The Hall–Kier alpha value is -2.21. The van der Waals surface area contributed by atoms with Crippen molar-refractivity contribution in [3.05, 3.63) is 41.8 Å². The zero-order valence-electron chi connectivity index (χ0n) is 10.5. The summed E-state index contributed by atoms with van der Waals surface area (Å²) in [6, 6.07) is 9.40. The minimum Gasteiger partial charge on any atom is -0.361 e. The number of aryl methyl sites for hydroxylation is 1. The number of carbonyl (C=O) groups is 1. The summed E-state index contributed by atoms with van der Waals surface area (Å²) in [4.78, 5) is 18.1. The highest BCUT2D eigenvalue weighted by Crippen LogP contribution is 2.28. The number of hydrogen-bond acceptors (Lipinski definition) is 5. The lowest BCUT2D eigenvalue weighted by Gasteiger charge is -2.10. The molecule has 96 valence electrons. The van der Waals surface area contributed by atoms with E-state index in [1.165, 1.54) is 16.2 Å². The highest BCUT2D eigenvalue weighted by Gasteiger charge is 2.20. The summed E-state index contributed by atoms with van der Waals surface area (Å²) in [5.74, 6) is 0.386. The minimum atomic E-state index is -0.226. The van der Waals surface area contributed by atoms with E-state index in [9.17, 15) is 4.79 Å². The van der Waals surface area contributed by atoms with Gasteiger partial charge in [0.25, 0.3) is 5.91 Å². The van der Waals surface area contributed by atoms with Gasteiger partial charge in [0.05, 0.1) is 10.2 Å². The lowest BCUT2D eigenvalue weighted by molar-refractivity contribution is 0.0984. The number of hydrogen-bond donors (Lipinski definition) is 0. The van der Waals surface area contributed by atoms with Crippen molar-refractivity contribution in [2.75, 3.05) is 11.9 Å². The van der Waals surface area contributed by atoms with Crippen LogP contribution >= 0.6 is 11.3 Å². The maximum atomic E-state index is 12.2. The van der Waals surface area contributed by atoms with Crippen molar-refractivity contribution in [2.45, 2.75) is 6.92 Å². The second kappa shape index (κ2) is 4.47. The molecule has 0 atom stereocenters. The fourth-order valence-electron chi connectivity index (χ4n) is 1.73. The largest absolute Gasteiger partial charge is 0.361 e. The summed E-state index contributed by atoms with van der Waals surface area (Å²) in [5.41, 5.74) is 1.18. The molecule has 3 aromatic rings. The summed E-state index contributed by atoms with van der Waals surface area (Å²) in [6.07, 6.45) is 0. The molecule has 0 aliphatic heterocycles. The SMILES string of the molecule is Cc1cc(C(=O)N(C)c2nc3ccccc3s2)no1. The Morgan fingerprint density at radius 1 is 1.37 bits per heavy atom. The maximum Gasteiger partial charge on any atom is 0.281 e. The van der Waals surface area contributed by atoms with Gasteiger partial charge in [-0.1, -0.05) is 28.6 Å². The molecule has 0 N–H and O–H groups in total. The average molecular weight is 273 g/mol. The maximum absolute atomic E-state index is 12.2. The fourth-order valence-corrected chi connectivity index (χ4v) is 2.65. The molecule has 1 aromatic carbocycles. The fraction of sp³-hybridized carbons (Fsp3) is 0.154. The van der Waals surface area contributed by atoms with Crippen LogP contribution < -0.4 is 4.90 Å². The zero-order chi connectivity index (χ0) is 13.4. The summed E-state index contributed by atoms with van der Waals surface area (Å²) in [5, 5.41) is 4.37. The van der Waals surface area contributed by atoms with Gasteiger partial charge in [-0.25, -0.2) is 4.98 Å². The molecule has 5 nitrogen and oxygen atoms in total. The van der Waals surface area contributed by atoms with Crippen molar-refractivity contribution in [1.29, 1.82) is 0 Å². The van der Waals surface area contributed by atoms with Crippen molar-refractivity contribution in [2.24, 2.45) is 0 Å². The van der Waals surface area contributed by atoms with Crippen LogP contribution in [0.4, 0.5) is 5.13 Å². The van der Waals surface area contributed by atoms with Crippen LogP contribution in [0, 0.1) is 6.92 Å². The van der Waals surface area contributed by atoms with E-state index in [0.29, 0.717) is 16.6 Å². The molecule has 0 bridgehead atoms. The molecule has 6 heteroatoms. The second-order valence-corrected chi connectivity index (χ2v) is 5.16.